The first kappa shape index (κ1) is 48.2. The third kappa shape index (κ3) is 9.58. The Labute approximate surface area is 369 Å². The number of hydrogen-bond acceptors (Lipinski definition) is 13. The van der Waals surface area contributed by atoms with Gasteiger partial charge in [0, 0.05) is 73.7 Å². The minimum atomic E-state index is -3.18. The van der Waals surface area contributed by atoms with Crippen molar-refractivity contribution in [3.8, 4) is 0 Å². The number of para-hydroxylation sites is 1. The number of amides is 1. The lowest BCUT2D eigenvalue weighted by molar-refractivity contribution is -0.295. The van der Waals surface area contributed by atoms with Crippen LogP contribution in [0.3, 0.4) is 0 Å². The molecule has 1 aromatic carbocycles. The number of ether oxygens (including phenoxy) is 5. The van der Waals surface area contributed by atoms with E-state index >= 15 is 4.39 Å². The number of aliphatic hydroxyl groups is 1. The van der Waals surface area contributed by atoms with Gasteiger partial charge in [0.15, 0.2) is 17.7 Å². The number of cyclic esters (lactones) is 1. The highest BCUT2D eigenvalue weighted by molar-refractivity contribution is 6.08. The van der Waals surface area contributed by atoms with Crippen molar-refractivity contribution in [2.45, 2.75) is 160 Å². The molecule has 3 aliphatic rings. The summed E-state index contributed by atoms with van der Waals surface area (Å²) in [6, 6.07) is 6.77. The molecule has 5 heterocycles. The van der Waals surface area contributed by atoms with Crippen molar-refractivity contribution in [2.75, 3.05) is 27.7 Å². The molecule has 348 valence electrons. The molecule has 1 amide bonds. The molecule has 6 rings (SSSR count). The van der Waals surface area contributed by atoms with Gasteiger partial charge in [-0.05, 0) is 85.5 Å². The molecule has 0 saturated carbocycles. The molecule has 0 bridgehead atoms. The van der Waals surface area contributed by atoms with Gasteiger partial charge in [-0.1, -0.05) is 51.1 Å². The molecule has 3 aromatic rings. The number of carbonyl (C=O) groups excluding carboxylic acids is 4. The van der Waals surface area contributed by atoms with Crippen LogP contribution in [0.5, 0.6) is 0 Å². The number of aromatic nitrogens is 4. The predicted molar refractivity (Wildman–Crippen MR) is 230 cm³/mol. The number of unbranched alkanes of at least 4 members (excludes halogenated alkanes) is 1. The van der Waals surface area contributed by atoms with Crippen molar-refractivity contribution >= 4 is 34.5 Å². The number of esters is 1. The zero-order valence-electron chi connectivity index (χ0n) is 38.6. The highest BCUT2D eigenvalue weighted by Crippen LogP contribution is 2.44. The fourth-order valence-corrected chi connectivity index (χ4v) is 10.3. The van der Waals surface area contributed by atoms with Gasteiger partial charge in [0.2, 0.25) is 0 Å². The number of fused-ring (bicyclic) bond motifs is 2. The number of methoxy groups -OCH3 is 1. The van der Waals surface area contributed by atoms with E-state index in [0.717, 1.165) is 29.1 Å². The molecule has 2 aromatic heterocycles. The molecule has 16 nitrogen and oxygen atoms in total. The lowest BCUT2D eigenvalue weighted by Gasteiger charge is -2.47. The van der Waals surface area contributed by atoms with Gasteiger partial charge in [-0.2, -0.15) is 0 Å². The molecule has 17 heteroatoms. The topological polar surface area (TPSA) is 188 Å². The number of alkyl halides is 1. The fourth-order valence-electron chi connectivity index (χ4n) is 10.3. The molecule has 3 fully saturated rings. The second kappa shape index (κ2) is 19.0. The highest BCUT2D eigenvalue weighted by Gasteiger charge is 2.61. The van der Waals surface area contributed by atoms with Crippen molar-refractivity contribution in [3.63, 3.8) is 0 Å². The van der Waals surface area contributed by atoms with E-state index < -0.39 is 83.1 Å². The van der Waals surface area contributed by atoms with Crippen molar-refractivity contribution in [1.29, 1.82) is 0 Å². The smallest absolute Gasteiger partial charge is 0.410 e. The van der Waals surface area contributed by atoms with Crippen LogP contribution in [0, 0.1) is 17.8 Å². The van der Waals surface area contributed by atoms with E-state index in [1.807, 2.05) is 56.5 Å². The number of nitrogens with zero attached hydrogens (tertiary/aromatic N) is 5. The van der Waals surface area contributed by atoms with Crippen molar-refractivity contribution in [1.82, 2.24) is 29.8 Å². The number of hydrogen-bond donors (Lipinski definition) is 2. The van der Waals surface area contributed by atoms with Crippen LogP contribution in [-0.4, -0.2) is 146 Å². The normalized spacial score (nSPS) is 36.1. The van der Waals surface area contributed by atoms with E-state index in [9.17, 15) is 24.3 Å². The Kier molecular flexibility index (Phi) is 14.6. The van der Waals surface area contributed by atoms with Crippen LogP contribution in [-0.2, 0) is 51.0 Å². The Morgan fingerprint density at radius 2 is 1.73 bits per heavy atom. The number of ketones is 2. The Hall–Kier alpha value is -4.29. The van der Waals surface area contributed by atoms with Crippen LogP contribution in [0.15, 0.2) is 36.7 Å². The van der Waals surface area contributed by atoms with Crippen molar-refractivity contribution < 1.29 is 52.4 Å². The largest absolute Gasteiger partial charge is 0.455 e. The summed E-state index contributed by atoms with van der Waals surface area (Å²) in [6.45, 7) is 13.3. The van der Waals surface area contributed by atoms with Gasteiger partial charge < -0.3 is 43.6 Å². The zero-order valence-corrected chi connectivity index (χ0v) is 38.6. The van der Waals surface area contributed by atoms with Gasteiger partial charge >= 0.3 is 12.1 Å². The molecule has 1 unspecified atom stereocenters. The molecule has 0 spiro atoms. The van der Waals surface area contributed by atoms with E-state index in [1.54, 1.807) is 39.3 Å². The summed E-state index contributed by atoms with van der Waals surface area (Å²) in [5.74, 6) is -5.82. The SMILES string of the molecule is CC[C@H]1OC(=O)[C@@](C)(F)C(=O)[C@H](C)[C@@H](O[C@@H]2O[C@H](C)C[C@H](N(C)C)[C@H]2O)C(C)(OC)C[C@@H](C)C(=O)[C@H](C)[C@H]2N(CCCCn3cc(Cc4c[nH]c5ccccc45)nn3)C(=O)O[C@]12C. The number of carbonyl (C=O) groups is 4. The number of rotatable bonds is 12. The molecule has 0 aliphatic carbocycles. The number of likely N-dealkylation sites (N-methyl/N-ethyl adjacent to an activating group) is 1. The standard InChI is InChI=1S/C46H67FN6O10/c1-12-35-46(8)38(53(43(58)63-46)20-16-15-19-52-25-31(49-50-52)22-30-24-48-33-18-14-13-17-32(30)33)28(4)36(54)26(2)23-44(6,59-11)40(29(5)39(56)45(7,47)42(57)61-35)62-41-37(55)34(51(9)10)21-27(3)60-41/h13-14,17-18,24-29,34-35,37-38,40-41,48,55H,12,15-16,19-23H2,1-11H3/t26-,27-,28+,29+,34+,35-,37-,38-,40-,41+,44?,45+,46-/m1/s1. The first-order valence-corrected chi connectivity index (χ1v) is 22.3. The molecular formula is C46H67FN6O10. The monoisotopic (exact) mass is 882 g/mol. The summed E-state index contributed by atoms with van der Waals surface area (Å²) in [6.07, 6.45) is 0.185. The van der Waals surface area contributed by atoms with Crippen LogP contribution >= 0.6 is 0 Å². The summed E-state index contributed by atoms with van der Waals surface area (Å²) in [5.41, 5.74) is -3.26. The Morgan fingerprint density at radius 3 is 2.41 bits per heavy atom. The summed E-state index contributed by atoms with van der Waals surface area (Å²) in [5, 5.41) is 21.3. The minimum absolute atomic E-state index is 0.00642. The summed E-state index contributed by atoms with van der Waals surface area (Å²) in [4.78, 5) is 63.6. The van der Waals surface area contributed by atoms with Crippen LogP contribution in [0.4, 0.5) is 9.18 Å². The van der Waals surface area contributed by atoms with Crippen molar-refractivity contribution in [3.05, 3.63) is 47.9 Å². The first-order chi connectivity index (χ1) is 29.7. The van der Waals surface area contributed by atoms with Gasteiger partial charge in [0.1, 0.15) is 18.0 Å². The number of nitrogens with one attached hydrogen (secondary N) is 1. The fraction of sp³-hybridized carbons (Fsp3) is 0.696. The lowest BCUT2D eigenvalue weighted by Crippen LogP contribution is -2.61. The second-order valence-corrected chi connectivity index (χ2v) is 18.8. The van der Waals surface area contributed by atoms with Gasteiger partial charge in [-0.3, -0.25) is 14.3 Å². The van der Waals surface area contributed by atoms with E-state index in [-0.39, 0.29) is 37.3 Å². The van der Waals surface area contributed by atoms with Crippen LogP contribution in [0.1, 0.15) is 98.8 Å². The lowest BCUT2D eigenvalue weighted by atomic mass is 9.73. The van der Waals surface area contributed by atoms with Crippen molar-refractivity contribution in [2.24, 2.45) is 17.8 Å². The van der Waals surface area contributed by atoms with Gasteiger partial charge in [0.05, 0.1) is 29.5 Å². The maximum atomic E-state index is 17.0. The quantitative estimate of drug-likeness (QED) is 0.133. The number of H-pyrrole nitrogens is 1. The van der Waals surface area contributed by atoms with E-state index in [2.05, 4.69) is 21.4 Å². The number of halogens is 1. The number of aryl methyl sites for hydroxylation is 1. The third-order valence-electron chi connectivity index (χ3n) is 13.9. The molecule has 63 heavy (non-hydrogen) atoms. The van der Waals surface area contributed by atoms with Gasteiger partial charge in [-0.25, -0.2) is 14.0 Å². The van der Waals surface area contributed by atoms with Crippen LogP contribution in [0.25, 0.3) is 10.9 Å². The average molecular weight is 883 g/mol. The van der Waals surface area contributed by atoms with E-state index in [1.165, 1.54) is 18.9 Å². The number of Topliss-reactive ketones (excluding diaryl/α,β-unsaturated/α-hetero) is 2. The molecular weight excluding hydrogens is 816 g/mol. The Balaban J connectivity index is 1.25. The zero-order chi connectivity index (χ0) is 46.2. The molecule has 13 atom stereocenters. The molecule has 3 aliphatic heterocycles. The van der Waals surface area contributed by atoms with Gasteiger partial charge in [0.25, 0.3) is 5.67 Å². The molecule has 0 radical (unpaired) electrons. The number of benzene rings is 1. The summed E-state index contributed by atoms with van der Waals surface area (Å²) in [7, 11) is 5.05. The Morgan fingerprint density at radius 1 is 1.03 bits per heavy atom. The first-order valence-electron chi connectivity index (χ1n) is 22.3. The summed E-state index contributed by atoms with van der Waals surface area (Å²) >= 11 is 0. The molecule has 3 saturated heterocycles. The maximum Gasteiger partial charge on any atom is 0.410 e. The number of aromatic amines is 1. The third-order valence-corrected chi connectivity index (χ3v) is 13.9. The van der Waals surface area contributed by atoms with E-state index in [0.29, 0.717) is 32.2 Å². The van der Waals surface area contributed by atoms with Gasteiger partial charge in [-0.15, -0.1) is 5.10 Å². The Bertz CT molecular complexity index is 2110. The average Bonchev–Trinajstić information content (AvgIpc) is 3.95. The molecule has 2 N–H and O–H groups in total. The maximum absolute atomic E-state index is 17.0. The minimum Gasteiger partial charge on any atom is -0.455 e. The van der Waals surface area contributed by atoms with E-state index in [4.69, 9.17) is 23.7 Å². The second-order valence-electron chi connectivity index (χ2n) is 18.8. The predicted octanol–water partition coefficient (Wildman–Crippen LogP) is 5.43. The van der Waals surface area contributed by atoms with Crippen LogP contribution < -0.4 is 0 Å². The number of aliphatic hydroxyl groups excluding tert-OH is 1. The highest BCUT2D eigenvalue weighted by atomic mass is 19.1. The van der Waals surface area contributed by atoms with Crippen LogP contribution in [0.2, 0.25) is 0 Å². The summed E-state index contributed by atoms with van der Waals surface area (Å²) < 4.78 is 49.4.